The number of rotatable bonds is 4. The first kappa shape index (κ1) is 15.1. The predicted octanol–water partition coefficient (Wildman–Crippen LogP) is 3.29. The molecule has 0 aromatic heterocycles. The van der Waals surface area contributed by atoms with Gasteiger partial charge in [0.1, 0.15) is 11.2 Å². The monoisotopic (exact) mass is 280 g/mol. The average Bonchev–Trinajstić information content (AvgIpc) is 2.96. The normalized spacial score (nSPS) is 23.9. The average molecular weight is 280 g/mol. The van der Waals surface area contributed by atoms with Crippen molar-refractivity contribution >= 4 is 11.9 Å². The Morgan fingerprint density at radius 3 is 1.35 bits per heavy atom. The number of carbonyl (C=O) groups is 2. The Bertz CT molecular complexity index is 361. The summed E-state index contributed by atoms with van der Waals surface area (Å²) >= 11 is 0. The van der Waals surface area contributed by atoms with Crippen molar-refractivity contribution in [3.8, 4) is 0 Å². The molecule has 0 radical (unpaired) electrons. The summed E-state index contributed by atoms with van der Waals surface area (Å²) in [6.07, 6.45) is 10.3. The smallest absolute Gasteiger partial charge is 0.331 e. The van der Waals surface area contributed by atoms with Gasteiger partial charge in [-0.2, -0.15) is 0 Å². The van der Waals surface area contributed by atoms with Crippen molar-refractivity contribution in [2.75, 3.05) is 0 Å². The fourth-order valence-electron chi connectivity index (χ4n) is 3.14. The Labute approximate surface area is 120 Å². The summed E-state index contributed by atoms with van der Waals surface area (Å²) in [6.45, 7) is 3.90. The number of carbonyl (C=O) groups excluding carboxylic acids is 2. The van der Waals surface area contributed by atoms with Crippen LogP contribution in [0.1, 0.15) is 65.2 Å². The van der Waals surface area contributed by atoms with Crippen LogP contribution in [-0.4, -0.2) is 23.1 Å². The van der Waals surface area contributed by atoms with E-state index in [1.165, 1.54) is 12.2 Å². The molecule has 2 aliphatic rings. The summed E-state index contributed by atoms with van der Waals surface area (Å²) in [6, 6.07) is 0. The zero-order valence-electron chi connectivity index (χ0n) is 12.4. The van der Waals surface area contributed by atoms with Gasteiger partial charge in [-0.05, 0) is 65.2 Å². The van der Waals surface area contributed by atoms with Crippen molar-refractivity contribution in [3.05, 3.63) is 12.2 Å². The second kappa shape index (κ2) is 5.98. The van der Waals surface area contributed by atoms with Crippen LogP contribution in [0.5, 0.6) is 0 Å². The standard InChI is InChI=1S/C16H24O4/c1-15(9-3-4-10-15)19-13(17)7-8-14(18)20-16(2)11-5-6-12-16/h7-8H,3-6,9-12H2,1-2H3/b8-7+. The van der Waals surface area contributed by atoms with Gasteiger partial charge in [0.15, 0.2) is 0 Å². The van der Waals surface area contributed by atoms with Crippen molar-refractivity contribution in [1.29, 1.82) is 0 Å². The van der Waals surface area contributed by atoms with Gasteiger partial charge in [-0.15, -0.1) is 0 Å². The van der Waals surface area contributed by atoms with E-state index in [1.54, 1.807) is 0 Å². The van der Waals surface area contributed by atoms with E-state index in [0.29, 0.717) is 0 Å². The van der Waals surface area contributed by atoms with Crippen LogP contribution in [0.3, 0.4) is 0 Å². The fourth-order valence-corrected chi connectivity index (χ4v) is 3.14. The summed E-state index contributed by atoms with van der Waals surface area (Å²) in [7, 11) is 0. The molecule has 0 heterocycles. The molecule has 0 aromatic rings. The van der Waals surface area contributed by atoms with Crippen molar-refractivity contribution in [2.45, 2.75) is 76.4 Å². The molecule has 0 spiro atoms. The Morgan fingerprint density at radius 1 is 0.750 bits per heavy atom. The molecule has 2 fully saturated rings. The molecule has 0 amide bonds. The van der Waals surface area contributed by atoms with Crippen LogP contribution in [0, 0.1) is 0 Å². The molecule has 2 rings (SSSR count). The highest BCUT2D eigenvalue weighted by molar-refractivity contribution is 5.92. The summed E-state index contributed by atoms with van der Waals surface area (Å²) in [5.74, 6) is -0.911. The van der Waals surface area contributed by atoms with E-state index >= 15 is 0 Å². The Hall–Kier alpha value is -1.32. The van der Waals surface area contributed by atoms with Gasteiger partial charge in [0, 0.05) is 12.2 Å². The molecule has 4 nitrogen and oxygen atoms in total. The highest BCUT2D eigenvalue weighted by atomic mass is 16.6. The topological polar surface area (TPSA) is 52.6 Å². The Morgan fingerprint density at radius 2 is 1.05 bits per heavy atom. The lowest BCUT2D eigenvalue weighted by atomic mass is 10.1. The van der Waals surface area contributed by atoms with Crippen LogP contribution < -0.4 is 0 Å². The first-order valence-electron chi connectivity index (χ1n) is 7.55. The number of esters is 2. The molecular weight excluding hydrogens is 256 g/mol. The van der Waals surface area contributed by atoms with E-state index in [2.05, 4.69) is 0 Å². The van der Waals surface area contributed by atoms with Crippen molar-refractivity contribution in [3.63, 3.8) is 0 Å². The molecule has 0 unspecified atom stereocenters. The van der Waals surface area contributed by atoms with Gasteiger partial charge >= 0.3 is 11.9 Å². The molecule has 2 aliphatic carbocycles. The van der Waals surface area contributed by atoms with E-state index in [9.17, 15) is 9.59 Å². The molecule has 0 N–H and O–H groups in total. The largest absolute Gasteiger partial charge is 0.456 e. The van der Waals surface area contributed by atoms with Gasteiger partial charge in [-0.25, -0.2) is 9.59 Å². The van der Waals surface area contributed by atoms with Gasteiger partial charge in [-0.1, -0.05) is 0 Å². The minimum absolute atomic E-state index is 0.358. The van der Waals surface area contributed by atoms with Crippen LogP contribution in [0.4, 0.5) is 0 Å². The highest BCUT2D eigenvalue weighted by Crippen LogP contribution is 2.33. The Balaban J connectivity index is 1.79. The number of hydrogen-bond donors (Lipinski definition) is 0. The van der Waals surface area contributed by atoms with Crippen molar-refractivity contribution in [1.82, 2.24) is 0 Å². The van der Waals surface area contributed by atoms with Crippen LogP contribution in [-0.2, 0) is 19.1 Å². The lowest BCUT2D eigenvalue weighted by molar-refractivity contribution is -0.154. The van der Waals surface area contributed by atoms with E-state index < -0.39 is 11.9 Å². The second-order valence-electron chi connectivity index (χ2n) is 6.49. The molecule has 0 aliphatic heterocycles. The lowest BCUT2D eigenvalue weighted by Crippen LogP contribution is -2.28. The van der Waals surface area contributed by atoms with E-state index in [1.807, 2.05) is 13.8 Å². The minimum Gasteiger partial charge on any atom is -0.456 e. The van der Waals surface area contributed by atoms with Crippen LogP contribution in [0.2, 0.25) is 0 Å². The summed E-state index contributed by atoms with van der Waals surface area (Å²) in [5.41, 5.74) is -0.717. The molecule has 4 heteroatoms. The molecule has 0 aromatic carbocycles. The zero-order chi connectivity index (χ0) is 14.6. The number of hydrogen-bond acceptors (Lipinski definition) is 4. The van der Waals surface area contributed by atoms with Gasteiger partial charge in [0.05, 0.1) is 0 Å². The predicted molar refractivity (Wildman–Crippen MR) is 75.1 cm³/mol. The van der Waals surface area contributed by atoms with Gasteiger partial charge in [0.25, 0.3) is 0 Å². The van der Waals surface area contributed by atoms with E-state index in [0.717, 1.165) is 51.4 Å². The first-order chi connectivity index (χ1) is 9.41. The van der Waals surface area contributed by atoms with Crippen LogP contribution >= 0.6 is 0 Å². The molecule has 0 bridgehead atoms. The zero-order valence-corrected chi connectivity index (χ0v) is 12.4. The lowest BCUT2D eigenvalue weighted by Gasteiger charge is -2.23. The highest BCUT2D eigenvalue weighted by Gasteiger charge is 2.33. The minimum atomic E-state index is -0.456. The maximum absolute atomic E-state index is 11.7. The summed E-state index contributed by atoms with van der Waals surface area (Å²) in [5, 5.41) is 0. The van der Waals surface area contributed by atoms with Gasteiger partial charge < -0.3 is 9.47 Å². The number of ether oxygens (including phenoxy) is 2. The summed E-state index contributed by atoms with van der Waals surface area (Å²) < 4.78 is 10.8. The molecule has 2 saturated carbocycles. The Kier molecular flexibility index (Phi) is 4.51. The summed E-state index contributed by atoms with van der Waals surface area (Å²) in [4.78, 5) is 23.4. The fraction of sp³-hybridized carbons (Fsp3) is 0.750. The van der Waals surface area contributed by atoms with Crippen LogP contribution in [0.25, 0.3) is 0 Å². The van der Waals surface area contributed by atoms with E-state index in [4.69, 9.17) is 9.47 Å². The molecular formula is C16H24O4. The SMILES string of the molecule is CC1(OC(=O)/C=C/C(=O)OC2(C)CCCC2)CCCC1. The third-order valence-corrected chi connectivity index (χ3v) is 4.37. The van der Waals surface area contributed by atoms with Crippen molar-refractivity contribution < 1.29 is 19.1 Å². The molecule has 20 heavy (non-hydrogen) atoms. The maximum Gasteiger partial charge on any atom is 0.331 e. The quantitative estimate of drug-likeness (QED) is 0.585. The van der Waals surface area contributed by atoms with Crippen molar-refractivity contribution in [2.24, 2.45) is 0 Å². The van der Waals surface area contributed by atoms with Crippen LogP contribution in [0.15, 0.2) is 12.2 Å². The molecule has 112 valence electrons. The third kappa shape index (κ3) is 4.09. The van der Waals surface area contributed by atoms with Gasteiger partial charge in [0.2, 0.25) is 0 Å². The van der Waals surface area contributed by atoms with E-state index in [-0.39, 0.29) is 11.2 Å². The maximum atomic E-state index is 11.7. The third-order valence-electron chi connectivity index (χ3n) is 4.37. The molecule has 0 atom stereocenters. The second-order valence-corrected chi connectivity index (χ2v) is 6.49. The van der Waals surface area contributed by atoms with Gasteiger partial charge in [-0.3, -0.25) is 0 Å². The first-order valence-corrected chi connectivity index (χ1v) is 7.55. The molecule has 0 saturated heterocycles.